The third kappa shape index (κ3) is 4.97. The highest BCUT2D eigenvalue weighted by atomic mass is 16.5. The molecule has 1 aliphatic rings. The van der Waals surface area contributed by atoms with E-state index in [-0.39, 0.29) is 12.1 Å². The topological polar surface area (TPSA) is 85.3 Å². The van der Waals surface area contributed by atoms with Gasteiger partial charge in [0.15, 0.2) is 0 Å². The van der Waals surface area contributed by atoms with Crippen LogP contribution < -0.4 is 15.0 Å². The number of anilines is 2. The maximum atomic E-state index is 6.08. The molecule has 1 fully saturated rings. The molecule has 1 saturated heterocycles. The summed E-state index contributed by atoms with van der Waals surface area (Å²) < 4.78 is 11.5. The predicted molar refractivity (Wildman–Crippen MR) is 135 cm³/mol. The van der Waals surface area contributed by atoms with Gasteiger partial charge in [-0.25, -0.2) is 19.9 Å². The number of benzene rings is 1. The summed E-state index contributed by atoms with van der Waals surface area (Å²) in [6.07, 6.45) is 5.11. The van der Waals surface area contributed by atoms with Gasteiger partial charge >= 0.3 is 0 Å². The number of rotatable bonds is 9. The van der Waals surface area contributed by atoms with Crippen molar-refractivity contribution in [3.63, 3.8) is 0 Å². The van der Waals surface area contributed by atoms with Crippen LogP contribution in [0.15, 0.2) is 36.7 Å². The van der Waals surface area contributed by atoms with E-state index in [1.165, 1.54) is 0 Å². The summed E-state index contributed by atoms with van der Waals surface area (Å²) in [5.74, 6) is 2.40. The van der Waals surface area contributed by atoms with E-state index < -0.39 is 0 Å². The number of nitrogens with zero attached hydrogens (tertiary/aromatic N) is 5. The van der Waals surface area contributed by atoms with Crippen molar-refractivity contribution in [1.29, 1.82) is 0 Å². The Morgan fingerprint density at radius 3 is 2.44 bits per heavy atom. The van der Waals surface area contributed by atoms with E-state index in [0.717, 1.165) is 71.7 Å². The fraction of sp³-hybridized carbons (Fsp3) is 0.462. The summed E-state index contributed by atoms with van der Waals surface area (Å²) in [7, 11) is 1.69. The summed E-state index contributed by atoms with van der Waals surface area (Å²) in [6, 6.07) is 7.98. The first kappa shape index (κ1) is 23.9. The monoisotopic (exact) mass is 462 g/mol. The molecule has 1 N–H and O–H groups in total. The Kier molecular flexibility index (Phi) is 7.57. The number of ether oxygens (including phenoxy) is 2. The molecule has 0 radical (unpaired) electrons. The van der Waals surface area contributed by atoms with Crippen LogP contribution >= 0.6 is 0 Å². The van der Waals surface area contributed by atoms with Crippen LogP contribution in [0.25, 0.3) is 11.3 Å². The second kappa shape index (κ2) is 10.8. The number of methoxy groups -OCH3 is 1. The van der Waals surface area contributed by atoms with Crippen molar-refractivity contribution in [2.45, 2.75) is 52.7 Å². The summed E-state index contributed by atoms with van der Waals surface area (Å²) in [5.41, 5.74) is 5.08. The van der Waals surface area contributed by atoms with Crippen molar-refractivity contribution >= 4 is 11.8 Å². The van der Waals surface area contributed by atoms with E-state index in [1.807, 2.05) is 25.1 Å². The maximum absolute atomic E-state index is 6.08. The minimum Gasteiger partial charge on any atom is -0.497 e. The molecule has 4 rings (SSSR count). The molecular weight excluding hydrogens is 428 g/mol. The molecule has 8 heteroatoms. The summed E-state index contributed by atoms with van der Waals surface area (Å²) in [4.78, 5) is 21.2. The van der Waals surface area contributed by atoms with Gasteiger partial charge in [-0.15, -0.1) is 0 Å². The maximum Gasteiger partial charge on any atom is 0.225 e. The first-order valence-corrected chi connectivity index (χ1v) is 12.0. The molecule has 180 valence electrons. The zero-order valence-corrected chi connectivity index (χ0v) is 20.7. The Bertz CT molecular complexity index is 1110. The molecular formula is C26H34N6O2. The molecule has 0 amide bonds. The zero-order valence-electron chi connectivity index (χ0n) is 20.7. The molecule has 0 bridgehead atoms. The molecule has 0 saturated carbocycles. The third-order valence-corrected chi connectivity index (χ3v) is 6.20. The quantitative estimate of drug-likeness (QED) is 0.509. The van der Waals surface area contributed by atoms with Crippen LogP contribution in [0, 0.1) is 6.92 Å². The Balaban J connectivity index is 1.65. The van der Waals surface area contributed by atoms with E-state index in [4.69, 9.17) is 19.4 Å². The molecule has 0 aliphatic carbocycles. The number of aromatic nitrogens is 4. The highest BCUT2D eigenvalue weighted by molar-refractivity contribution is 5.68. The molecule has 1 aromatic carbocycles. The van der Waals surface area contributed by atoms with Gasteiger partial charge in [0.05, 0.1) is 36.3 Å². The number of hydrogen-bond donors (Lipinski definition) is 1. The molecule has 34 heavy (non-hydrogen) atoms. The van der Waals surface area contributed by atoms with Crippen molar-refractivity contribution in [2.75, 3.05) is 37.0 Å². The van der Waals surface area contributed by atoms with Crippen molar-refractivity contribution in [2.24, 2.45) is 0 Å². The van der Waals surface area contributed by atoms with E-state index in [9.17, 15) is 0 Å². The van der Waals surface area contributed by atoms with Crippen LogP contribution in [0.1, 0.15) is 37.7 Å². The Hall–Kier alpha value is -3.26. The number of aryl methyl sites for hydroxylation is 3. The van der Waals surface area contributed by atoms with E-state index >= 15 is 0 Å². The molecule has 2 aromatic heterocycles. The SMILES string of the molecule is CCOC1CN(c2ncccn2)CC1Nc1nc(CC)c(-c2ccc(OC)cc2C)nc1CC. The van der Waals surface area contributed by atoms with Gasteiger partial charge in [0.2, 0.25) is 5.95 Å². The van der Waals surface area contributed by atoms with E-state index in [1.54, 1.807) is 19.5 Å². The van der Waals surface area contributed by atoms with Gasteiger partial charge in [0, 0.05) is 37.7 Å². The Morgan fingerprint density at radius 1 is 1.03 bits per heavy atom. The molecule has 2 unspecified atom stereocenters. The minimum atomic E-state index is 0.00824. The van der Waals surface area contributed by atoms with E-state index in [2.05, 4.69) is 47.0 Å². The van der Waals surface area contributed by atoms with Crippen molar-refractivity contribution < 1.29 is 9.47 Å². The molecule has 3 heterocycles. The average Bonchev–Trinajstić information content (AvgIpc) is 3.26. The fourth-order valence-electron chi connectivity index (χ4n) is 4.45. The summed E-state index contributed by atoms with van der Waals surface area (Å²) >= 11 is 0. The second-order valence-electron chi connectivity index (χ2n) is 8.40. The van der Waals surface area contributed by atoms with Gasteiger partial charge in [-0.1, -0.05) is 13.8 Å². The average molecular weight is 463 g/mol. The van der Waals surface area contributed by atoms with Crippen molar-refractivity contribution in [1.82, 2.24) is 19.9 Å². The minimum absolute atomic E-state index is 0.00824. The van der Waals surface area contributed by atoms with Gasteiger partial charge in [-0.3, -0.25) is 0 Å². The number of nitrogens with one attached hydrogen (secondary N) is 1. The number of hydrogen-bond acceptors (Lipinski definition) is 8. The van der Waals surface area contributed by atoms with Crippen LogP contribution in [0.3, 0.4) is 0 Å². The second-order valence-corrected chi connectivity index (χ2v) is 8.40. The molecule has 2 atom stereocenters. The third-order valence-electron chi connectivity index (χ3n) is 6.20. The predicted octanol–water partition coefficient (Wildman–Crippen LogP) is 4.08. The largest absolute Gasteiger partial charge is 0.497 e. The molecule has 1 aliphatic heterocycles. The van der Waals surface area contributed by atoms with Gasteiger partial charge in [-0.2, -0.15) is 0 Å². The van der Waals surface area contributed by atoms with Crippen LogP contribution in [-0.4, -0.2) is 58.9 Å². The normalized spacial score (nSPS) is 17.7. The lowest BCUT2D eigenvalue weighted by molar-refractivity contribution is 0.0719. The van der Waals surface area contributed by atoms with Crippen molar-refractivity contribution in [3.05, 3.63) is 53.6 Å². The highest BCUT2D eigenvalue weighted by Crippen LogP contribution is 2.31. The van der Waals surface area contributed by atoms with Crippen LogP contribution in [0.4, 0.5) is 11.8 Å². The zero-order chi connectivity index (χ0) is 24.1. The lowest BCUT2D eigenvalue weighted by atomic mass is 10.0. The Morgan fingerprint density at radius 2 is 1.79 bits per heavy atom. The Labute approximate surface area is 201 Å². The van der Waals surface area contributed by atoms with Crippen molar-refractivity contribution in [3.8, 4) is 17.0 Å². The van der Waals surface area contributed by atoms with Gasteiger partial charge in [0.1, 0.15) is 11.6 Å². The summed E-state index contributed by atoms with van der Waals surface area (Å²) in [6.45, 7) is 10.5. The lowest BCUT2D eigenvalue weighted by Crippen LogP contribution is -2.35. The van der Waals surface area contributed by atoms with Gasteiger partial charge < -0.3 is 19.7 Å². The van der Waals surface area contributed by atoms with Gasteiger partial charge in [0.25, 0.3) is 0 Å². The molecule has 3 aromatic rings. The standard InChI is InChI=1S/C26H34N6O2/c1-6-20-24(19-11-10-18(33-5)14-17(19)4)29-21(7-2)25(30-20)31-22-15-32(16-23(22)34-8-3)26-27-12-9-13-28-26/h9-14,22-23H,6-8,15-16H2,1-5H3,(H,30,31). The highest BCUT2D eigenvalue weighted by Gasteiger charge is 2.35. The molecule has 8 nitrogen and oxygen atoms in total. The first-order valence-electron chi connectivity index (χ1n) is 12.0. The summed E-state index contributed by atoms with van der Waals surface area (Å²) in [5, 5.41) is 3.67. The van der Waals surface area contributed by atoms with Crippen LogP contribution in [0.5, 0.6) is 5.75 Å². The fourth-order valence-corrected chi connectivity index (χ4v) is 4.45. The van der Waals surface area contributed by atoms with Crippen LogP contribution in [0.2, 0.25) is 0 Å². The first-order chi connectivity index (χ1) is 16.6. The molecule has 0 spiro atoms. The smallest absolute Gasteiger partial charge is 0.225 e. The van der Waals surface area contributed by atoms with E-state index in [0.29, 0.717) is 6.61 Å². The van der Waals surface area contributed by atoms with Gasteiger partial charge in [-0.05, 0) is 56.5 Å². The van der Waals surface area contributed by atoms with Crippen LogP contribution in [-0.2, 0) is 17.6 Å². The lowest BCUT2D eigenvalue weighted by Gasteiger charge is -2.22.